The van der Waals surface area contributed by atoms with Gasteiger partial charge in [-0.1, -0.05) is 0 Å². The molecule has 7 nitrogen and oxygen atoms in total. The van der Waals surface area contributed by atoms with Gasteiger partial charge in [-0.25, -0.2) is 9.59 Å². The zero-order valence-electron chi connectivity index (χ0n) is 12.6. The largest absolute Gasteiger partial charge is 0.493 e. The van der Waals surface area contributed by atoms with Crippen LogP contribution in [0.2, 0.25) is 0 Å². The summed E-state index contributed by atoms with van der Waals surface area (Å²) in [6.07, 6.45) is 0.769. The summed E-state index contributed by atoms with van der Waals surface area (Å²) in [4.78, 5) is 25.7. The van der Waals surface area contributed by atoms with Crippen molar-refractivity contribution in [2.45, 2.75) is 26.4 Å². The number of aliphatic imine (C=N–C) groups is 1. The normalized spacial score (nSPS) is 10.3. The van der Waals surface area contributed by atoms with Gasteiger partial charge in [-0.15, -0.1) is 0 Å². The molecule has 0 bridgehead atoms. The van der Waals surface area contributed by atoms with Crippen LogP contribution in [0.25, 0.3) is 0 Å². The molecule has 1 aromatic carbocycles. The maximum Gasteiger partial charge on any atom is 0.412 e. The van der Waals surface area contributed by atoms with Gasteiger partial charge >= 0.3 is 6.09 Å². The van der Waals surface area contributed by atoms with E-state index in [-0.39, 0.29) is 11.4 Å². The first kappa shape index (κ1) is 16.5. The Morgan fingerprint density at radius 3 is 2.38 bits per heavy atom. The molecule has 0 aliphatic heterocycles. The second kappa shape index (κ2) is 6.76. The lowest BCUT2D eigenvalue weighted by molar-refractivity contribution is 0.0635. The van der Waals surface area contributed by atoms with Gasteiger partial charge in [0.15, 0.2) is 11.5 Å². The van der Waals surface area contributed by atoms with Gasteiger partial charge in [0.05, 0.1) is 25.6 Å². The summed E-state index contributed by atoms with van der Waals surface area (Å²) >= 11 is 0. The van der Waals surface area contributed by atoms with Crippen LogP contribution in [-0.2, 0) is 9.53 Å². The highest BCUT2D eigenvalue weighted by atomic mass is 16.6. The summed E-state index contributed by atoms with van der Waals surface area (Å²) in [5.74, 6) is 0.619. The maximum absolute atomic E-state index is 11.8. The van der Waals surface area contributed by atoms with Crippen LogP contribution < -0.4 is 14.8 Å². The van der Waals surface area contributed by atoms with Gasteiger partial charge in [0.1, 0.15) is 5.60 Å². The Morgan fingerprint density at radius 2 is 1.90 bits per heavy atom. The van der Waals surface area contributed by atoms with E-state index in [0.29, 0.717) is 11.5 Å². The number of isocyanates is 1. The first-order valence-electron chi connectivity index (χ1n) is 6.14. The number of benzene rings is 1. The molecule has 0 aliphatic carbocycles. The summed E-state index contributed by atoms with van der Waals surface area (Å²) in [6.45, 7) is 5.24. The monoisotopic (exact) mass is 294 g/mol. The van der Waals surface area contributed by atoms with Crippen molar-refractivity contribution in [3.63, 3.8) is 0 Å². The number of anilines is 1. The molecular formula is C14H18N2O5. The van der Waals surface area contributed by atoms with E-state index in [1.807, 2.05) is 0 Å². The van der Waals surface area contributed by atoms with E-state index in [9.17, 15) is 9.59 Å². The van der Waals surface area contributed by atoms with E-state index >= 15 is 0 Å². The number of methoxy groups -OCH3 is 2. The third-order valence-electron chi connectivity index (χ3n) is 2.27. The lowest BCUT2D eigenvalue weighted by Gasteiger charge is -2.20. The molecular weight excluding hydrogens is 276 g/mol. The molecule has 0 saturated heterocycles. The van der Waals surface area contributed by atoms with Crippen LogP contribution in [0.4, 0.5) is 16.2 Å². The highest BCUT2D eigenvalue weighted by Gasteiger charge is 2.19. The number of hydrogen-bond donors (Lipinski definition) is 1. The van der Waals surface area contributed by atoms with Crippen LogP contribution in [0.15, 0.2) is 17.1 Å². The Labute approximate surface area is 122 Å². The molecule has 0 heterocycles. The Morgan fingerprint density at radius 1 is 1.24 bits per heavy atom. The second-order valence-electron chi connectivity index (χ2n) is 5.06. The quantitative estimate of drug-likeness (QED) is 0.681. The molecule has 0 aromatic heterocycles. The molecule has 0 aliphatic rings. The van der Waals surface area contributed by atoms with Crippen LogP contribution in [0.3, 0.4) is 0 Å². The standard InChI is InChI=1S/C14H18N2O5/c1-14(2,3)21-13(18)16-10-6-9(15-8-17)7-11(19-4)12(10)20-5/h6-7H,1-5H3,(H,16,18). The van der Waals surface area contributed by atoms with Crippen LogP contribution >= 0.6 is 0 Å². The van der Waals surface area contributed by atoms with E-state index < -0.39 is 11.7 Å². The number of nitrogens with one attached hydrogen (secondary N) is 1. The van der Waals surface area contributed by atoms with Crippen LogP contribution in [0, 0.1) is 0 Å². The molecule has 0 spiro atoms. The number of rotatable bonds is 4. The van der Waals surface area contributed by atoms with Gasteiger partial charge in [0.2, 0.25) is 6.08 Å². The number of amides is 1. The van der Waals surface area contributed by atoms with Crippen LogP contribution in [0.5, 0.6) is 11.5 Å². The van der Waals surface area contributed by atoms with E-state index in [1.54, 1.807) is 20.8 Å². The third kappa shape index (κ3) is 4.81. The average Bonchev–Trinajstić information content (AvgIpc) is 2.36. The molecule has 1 N–H and O–H groups in total. The Bertz CT molecular complexity index is 571. The molecule has 0 fully saturated rings. The SMILES string of the molecule is COc1cc(N=C=O)cc(NC(=O)OC(C)(C)C)c1OC. The molecule has 7 heteroatoms. The summed E-state index contributed by atoms with van der Waals surface area (Å²) in [6, 6.07) is 2.94. The van der Waals surface area contributed by atoms with Crippen molar-refractivity contribution in [3.8, 4) is 11.5 Å². The van der Waals surface area contributed by atoms with Crippen molar-refractivity contribution < 1.29 is 23.8 Å². The van der Waals surface area contributed by atoms with Crippen molar-refractivity contribution in [1.29, 1.82) is 0 Å². The van der Waals surface area contributed by atoms with E-state index in [2.05, 4.69) is 10.3 Å². The number of nitrogens with zero attached hydrogens (tertiary/aromatic N) is 1. The van der Waals surface area contributed by atoms with Gasteiger partial charge in [-0.3, -0.25) is 5.32 Å². The molecule has 0 atom stereocenters. The Hall–Kier alpha value is -2.53. The summed E-state index contributed by atoms with van der Waals surface area (Å²) in [7, 11) is 2.87. The fraction of sp³-hybridized carbons (Fsp3) is 0.429. The lowest BCUT2D eigenvalue weighted by atomic mass is 10.2. The average molecular weight is 294 g/mol. The number of carbonyl (C=O) groups excluding carboxylic acids is 2. The van der Waals surface area contributed by atoms with Crippen molar-refractivity contribution in [3.05, 3.63) is 12.1 Å². The minimum Gasteiger partial charge on any atom is -0.493 e. The third-order valence-corrected chi connectivity index (χ3v) is 2.27. The fourth-order valence-corrected chi connectivity index (χ4v) is 1.57. The molecule has 114 valence electrons. The first-order valence-corrected chi connectivity index (χ1v) is 6.14. The van der Waals surface area contributed by atoms with E-state index in [0.717, 1.165) is 0 Å². The lowest BCUT2D eigenvalue weighted by Crippen LogP contribution is -2.27. The van der Waals surface area contributed by atoms with Gasteiger partial charge in [0, 0.05) is 6.07 Å². The molecule has 0 unspecified atom stereocenters. The zero-order valence-corrected chi connectivity index (χ0v) is 12.6. The summed E-state index contributed by atoms with van der Waals surface area (Å²) in [5, 5.41) is 2.54. The van der Waals surface area contributed by atoms with Crippen molar-refractivity contribution >= 4 is 23.5 Å². The molecule has 21 heavy (non-hydrogen) atoms. The predicted molar refractivity (Wildman–Crippen MR) is 77.2 cm³/mol. The zero-order chi connectivity index (χ0) is 16.0. The first-order chi connectivity index (χ1) is 9.80. The molecule has 1 amide bonds. The van der Waals surface area contributed by atoms with Gasteiger partial charge in [-0.05, 0) is 26.8 Å². The van der Waals surface area contributed by atoms with Gasteiger partial charge < -0.3 is 14.2 Å². The summed E-state index contributed by atoms with van der Waals surface area (Å²) < 4.78 is 15.5. The second-order valence-corrected chi connectivity index (χ2v) is 5.06. The van der Waals surface area contributed by atoms with Crippen molar-refractivity contribution in [2.24, 2.45) is 4.99 Å². The smallest absolute Gasteiger partial charge is 0.412 e. The summed E-state index contributed by atoms with van der Waals surface area (Å²) in [5.41, 5.74) is -0.0891. The number of ether oxygens (including phenoxy) is 3. The minimum absolute atomic E-state index is 0.272. The molecule has 1 aromatic rings. The van der Waals surface area contributed by atoms with E-state index in [1.165, 1.54) is 32.4 Å². The number of carbonyl (C=O) groups is 1. The highest BCUT2D eigenvalue weighted by Crippen LogP contribution is 2.39. The van der Waals surface area contributed by atoms with Crippen LogP contribution in [-0.4, -0.2) is 32.0 Å². The Balaban J connectivity index is 3.17. The molecule has 1 rings (SSSR count). The van der Waals surface area contributed by atoms with Crippen molar-refractivity contribution in [1.82, 2.24) is 0 Å². The molecule has 0 radical (unpaired) electrons. The maximum atomic E-state index is 11.8. The van der Waals surface area contributed by atoms with Crippen LogP contribution in [0.1, 0.15) is 20.8 Å². The molecule has 0 saturated carbocycles. The number of hydrogen-bond acceptors (Lipinski definition) is 6. The minimum atomic E-state index is -0.657. The van der Waals surface area contributed by atoms with Crippen molar-refractivity contribution in [2.75, 3.05) is 19.5 Å². The van der Waals surface area contributed by atoms with Gasteiger partial charge in [0.25, 0.3) is 0 Å². The topological polar surface area (TPSA) is 86.2 Å². The predicted octanol–water partition coefficient (Wildman–Crippen LogP) is 3.02. The highest BCUT2D eigenvalue weighted by molar-refractivity contribution is 5.89. The Kier molecular flexibility index (Phi) is 5.32. The van der Waals surface area contributed by atoms with E-state index in [4.69, 9.17) is 14.2 Å². The van der Waals surface area contributed by atoms with Gasteiger partial charge in [-0.2, -0.15) is 4.99 Å². The fourth-order valence-electron chi connectivity index (χ4n) is 1.57.